The summed E-state index contributed by atoms with van der Waals surface area (Å²) >= 11 is 0. The van der Waals surface area contributed by atoms with E-state index in [1.165, 1.54) is 21.7 Å². The molecule has 2 fully saturated rings. The molecule has 260 valence electrons. The van der Waals surface area contributed by atoms with Crippen LogP contribution in [0, 0.1) is 11.6 Å². The fraction of sp³-hybridized carbons (Fsp3) is 0.432. The number of fused-ring (bicyclic) bond motifs is 4. The Morgan fingerprint density at radius 3 is 2.64 bits per heavy atom. The summed E-state index contributed by atoms with van der Waals surface area (Å²) in [4.78, 5) is 32.9. The highest BCUT2D eigenvalue weighted by molar-refractivity contribution is 6.01. The zero-order valence-corrected chi connectivity index (χ0v) is 28.5. The summed E-state index contributed by atoms with van der Waals surface area (Å²) < 4.78 is 39.9. The van der Waals surface area contributed by atoms with E-state index in [0.717, 1.165) is 56.5 Å². The van der Waals surface area contributed by atoms with E-state index in [9.17, 15) is 9.90 Å². The van der Waals surface area contributed by atoms with Crippen molar-refractivity contribution in [2.24, 2.45) is 0 Å². The van der Waals surface area contributed by atoms with E-state index in [-0.39, 0.29) is 40.1 Å². The number of phenolic OH excluding ortho intramolecular Hbond substituents is 1. The van der Waals surface area contributed by atoms with Crippen LogP contribution in [0.5, 0.6) is 11.8 Å². The molecule has 0 spiro atoms. The van der Waals surface area contributed by atoms with Crippen LogP contribution >= 0.6 is 0 Å². The summed E-state index contributed by atoms with van der Waals surface area (Å²) in [6.45, 7) is 5.30. The molecule has 1 N–H and O–H groups in total. The van der Waals surface area contributed by atoms with Gasteiger partial charge in [-0.05, 0) is 92.6 Å². The van der Waals surface area contributed by atoms with E-state index < -0.39 is 11.6 Å². The minimum absolute atomic E-state index is 0.0242. The van der Waals surface area contributed by atoms with Crippen LogP contribution in [0.15, 0.2) is 36.7 Å². The molecule has 8 rings (SSSR count). The molecule has 0 saturated carbocycles. The largest absolute Gasteiger partial charge is 0.508 e. The molecule has 5 aromatic rings. The summed E-state index contributed by atoms with van der Waals surface area (Å²) in [6, 6.07) is 5.73. The van der Waals surface area contributed by atoms with Gasteiger partial charge < -0.3 is 19.6 Å². The number of ether oxygens (including phenoxy) is 1. The van der Waals surface area contributed by atoms with E-state index in [0.29, 0.717) is 60.1 Å². The van der Waals surface area contributed by atoms with Crippen LogP contribution in [0.25, 0.3) is 32.9 Å². The smallest absolute Gasteiger partial charge is 0.344 e. The van der Waals surface area contributed by atoms with E-state index >= 15 is 8.78 Å². The van der Waals surface area contributed by atoms with Gasteiger partial charge in [-0.15, -0.1) is 0 Å². The molecule has 3 aliphatic rings. The van der Waals surface area contributed by atoms with Crippen molar-refractivity contribution in [2.45, 2.75) is 64.0 Å². The number of rotatable bonds is 6. The number of aryl methyl sites for hydroxylation is 2. The first-order valence-electron chi connectivity index (χ1n) is 17.4. The molecule has 50 heavy (non-hydrogen) atoms. The van der Waals surface area contributed by atoms with E-state index in [2.05, 4.69) is 20.0 Å². The topological polar surface area (TPSA) is 113 Å². The van der Waals surface area contributed by atoms with Gasteiger partial charge in [0.15, 0.2) is 5.82 Å². The minimum Gasteiger partial charge on any atom is -0.508 e. The highest BCUT2D eigenvalue weighted by Gasteiger charge is 2.45. The van der Waals surface area contributed by atoms with Crippen molar-refractivity contribution >= 4 is 33.5 Å². The van der Waals surface area contributed by atoms with Crippen LogP contribution in [-0.2, 0) is 19.4 Å². The van der Waals surface area contributed by atoms with Gasteiger partial charge in [-0.25, -0.2) is 13.6 Å². The third kappa shape index (κ3) is 5.38. The van der Waals surface area contributed by atoms with Gasteiger partial charge in [-0.2, -0.15) is 19.7 Å². The van der Waals surface area contributed by atoms with Gasteiger partial charge in [0.1, 0.15) is 35.2 Å². The molecular weight excluding hydrogens is 642 g/mol. The Balaban J connectivity index is 1.27. The zero-order chi connectivity index (χ0) is 34.7. The zero-order valence-electron chi connectivity index (χ0n) is 28.5. The summed E-state index contributed by atoms with van der Waals surface area (Å²) in [5, 5.41) is 16.7. The van der Waals surface area contributed by atoms with Crippen LogP contribution in [0.3, 0.4) is 0 Å². The second-order valence-corrected chi connectivity index (χ2v) is 13.9. The Hall–Kier alpha value is -4.91. The van der Waals surface area contributed by atoms with Gasteiger partial charge in [0.2, 0.25) is 0 Å². The number of phenols is 1. The van der Waals surface area contributed by atoms with Crippen molar-refractivity contribution in [2.75, 3.05) is 45.2 Å². The average Bonchev–Trinajstić information content (AvgIpc) is 3.77. The SMILES string of the molecule is CCc1c(F)ccc2cc(O)cc(-c3ncc4c(N5CCCc6nn(C(=O)N(C)C)cc6C5)nc(OCC56CCCN5CCC6)nc4c3F)c12. The van der Waals surface area contributed by atoms with Crippen LogP contribution in [0.4, 0.5) is 19.4 Å². The molecular formula is C37H40F2N8O3. The maximum Gasteiger partial charge on any atom is 0.344 e. The molecule has 0 radical (unpaired) electrons. The van der Waals surface area contributed by atoms with Crippen molar-refractivity contribution in [1.29, 1.82) is 0 Å². The van der Waals surface area contributed by atoms with Gasteiger partial charge in [0, 0.05) is 50.7 Å². The molecule has 3 aromatic heterocycles. The molecule has 3 aliphatic heterocycles. The second-order valence-electron chi connectivity index (χ2n) is 13.9. The van der Waals surface area contributed by atoms with E-state index in [1.54, 1.807) is 38.6 Å². The number of aromatic nitrogens is 5. The number of benzene rings is 2. The molecule has 6 heterocycles. The highest BCUT2D eigenvalue weighted by atomic mass is 19.1. The molecule has 0 aliphatic carbocycles. The third-order valence-electron chi connectivity index (χ3n) is 10.6. The fourth-order valence-corrected chi connectivity index (χ4v) is 8.20. The summed E-state index contributed by atoms with van der Waals surface area (Å²) in [5.74, 6) is -0.733. The number of hydrogen-bond acceptors (Lipinski definition) is 9. The lowest BCUT2D eigenvalue weighted by Gasteiger charge is -2.31. The lowest BCUT2D eigenvalue weighted by molar-refractivity contribution is 0.108. The number of aromatic hydroxyl groups is 1. The second kappa shape index (κ2) is 12.4. The molecule has 0 atom stereocenters. The maximum atomic E-state index is 17.1. The number of pyridine rings is 1. The van der Waals surface area contributed by atoms with Crippen molar-refractivity contribution in [3.05, 3.63) is 65.1 Å². The van der Waals surface area contributed by atoms with Crippen LogP contribution in [0.2, 0.25) is 0 Å². The Kier molecular flexibility index (Phi) is 8.04. The number of halogens is 2. The average molecular weight is 683 g/mol. The number of nitrogens with zero attached hydrogens (tertiary/aromatic N) is 8. The summed E-state index contributed by atoms with van der Waals surface area (Å²) in [7, 11) is 3.36. The first-order chi connectivity index (χ1) is 24.2. The number of carbonyl (C=O) groups is 1. The molecule has 0 bridgehead atoms. The van der Waals surface area contributed by atoms with Crippen LogP contribution in [0.1, 0.15) is 55.8 Å². The predicted molar refractivity (Wildman–Crippen MR) is 186 cm³/mol. The number of amides is 1. The molecule has 2 saturated heterocycles. The minimum atomic E-state index is -0.712. The van der Waals surface area contributed by atoms with E-state index in [4.69, 9.17) is 9.72 Å². The van der Waals surface area contributed by atoms with Gasteiger partial charge in [0.25, 0.3) is 0 Å². The third-order valence-corrected chi connectivity index (χ3v) is 10.6. The molecule has 1 amide bonds. The quantitative estimate of drug-likeness (QED) is 0.228. The van der Waals surface area contributed by atoms with Gasteiger partial charge in [-0.3, -0.25) is 9.88 Å². The van der Waals surface area contributed by atoms with Gasteiger partial charge in [-0.1, -0.05) is 13.0 Å². The van der Waals surface area contributed by atoms with Crippen molar-refractivity contribution in [1.82, 2.24) is 34.5 Å². The van der Waals surface area contributed by atoms with Crippen LogP contribution < -0.4 is 9.64 Å². The van der Waals surface area contributed by atoms with E-state index in [1.807, 2.05) is 11.8 Å². The van der Waals surface area contributed by atoms with Crippen LogP contribution in [-0.4, -0.2) is 91.5 Å². The molecule has 13 heteroatoms. The van der Waals surface area contributed by atoms with Crippen molar-refractivity contribution in [3.8, 4) is 23.0 Å². The lowest BCUT2D eigenvalue weighted by atomic mass is 9.94. The lowest BCUT2D eigenvalue weighted by Crippen LogP contribution is -2.43. The molecule has 2 aromatic carbocycles. The Labute approximate surface area is 288 Å². The van der Waals surface area contributed by atoms with Crippen molar-refractivity contribution in [3.63, 3.8) is 0 Å². The Bertz CT molecular complexity index is 2140. The normalized spacial score (nSPS) is 17.3. The number of hydrogen-bond donors (Lipinski definition) is 1. The Morgan fingerprint density at radius 2 is 1.88 bits per heavy atom. The maximum absolute atomic E-state index is 17.1. The number of carbonyl (C=O) groups excluding carboxylic acids is 1. The first-order valence-corrected chi connectivity index (χ1v) is 17.4. The number of anilines is 1. The standard InChI is InChI=1S/C37H40F2N8O3/c1-4-25-28(38)10-9-22-16-24(48)17-26(30(22)25)32-31(39)33-27(18-40-32)34(42-35(41-33)50-21-37-11-6-14-46(37)15-7-12-37)45-13-5-8-29-23(19-45)20-47(43-29)36(49)44(2)3/h9-10,16-18,20,48H,4-8,11-15,19,21H2,1-3H3. The highest BCUT2D eigenvalue weighted by Crippen LogP contribution is 2.41. The molecule has 11 nitrogen and oxygen atoms in total. The Morgan fingerprint density at radius 1 is 1.08 bits per heavy atom. The fourth-order valence-electron chi connectivity index (χ4n) is 8.20. The monoisotopic (exact) mass is 682 g/mol. The summed E-state index contributed by atoms with van der Waals surface area (Å²) in [6.07, 6.45) is 9.34. The first kappa shape index (κ1) is 32.3. The van der Waals surface area contributed by atoms with Gasteiger partial charge >= 0.3 is 12.0 Å². The van der Waals surface area contributed by atoms with Crippen molar-refractivity contribution < 1.29 is 23.4 Å². The van der Waals surface area contributed by atoms with Gasteiger partial charge in [0.05, 0.1) is 16.6 Å². The molecule has 0 unspecified atom stereocenters. The predicted octanol–water partition coefficient (Wildman–Crippen LogP) is 6.08. The summed E-state index contributed by atoms with van der Waals surface area (Å²) in [5.41, 5.74) is 2.30.